The van der Waals surface area contributed by atoms with Gasteiger partial charge in [0.15, 0.2) is 0 Å². The highest BCUT2D eigenvalue weighted by Gasteiger charge is 2.32. The van der Waals surface area contributed by atoms with E-state index in [4.69, 9.17) is 11.5 Å². The van der Waals surface area contributed by atoms with Crippen LogP contribution in [0, 0.1) is 5.92 Å². The number of aromatic amines is 1. The van der Waals surface area contributed by atoms with E-state index in [1.165, 1.54) is 12.5 Å². The number of hydrogen-bond acceptors (Lipinski definition) is 8. The summed E-state index contributed by atoms with van der Waals surface area (Å²) >= 11 is 0. The van der Waals surface area contributed by atoms with Gasteiger partial charge in [-0.05, 0) is 38.1 Å². The third-order valence-corrected chi connectivity index (χ3v) is 5.24. The summed E-state index contributed by atoms with van der Waals surface area (Å²) in [5, 5.41) is 25.8. The van der Waals surface area contributed by atoms with Gasteiger partial charge in [-0.25, -0.2) is 9.78 Å². The van der Waals surface area contributed by atoms with Crippen molar-refractivity contribution in [3.8, 4) is 0 Å². The molecule has 0 saturated heterocycles. The lowest BCUT2D eigenvalue weighted by Gasteiger charge is -2.25. The molecule has 1 rings (SSSR count). The molecule has 14 nitrogen and oxygen atoms in total. The Hall–Kier alpha value is -3.52. The highest BCUT2D eigenvalue weighted by atomic mass is 16.4. The largest absolute Gasteiger partial charge is 0.481 e. The lowest BCUT2D eigenvalue weighted by atomic mass is 10.0. The second-order valence-electron chi connectivity index (χ2n) is 8.92. The normalized spacial score (nSPS) is 14.4. The van der Waals surface area contributed by atoms with Crippen LogP contribution in [0.3, 0.4) is 0 Å². The number of carboxylic acid groups (broad SMARTS) is 2. The molecule has 4 unspecified atom stereocenters. The summed E-state index contributed by atoms with van der Waals surface area (Å²) in [7, 11) is 0. The fraction of sp³-hybridized carbons (Fsp3) is 0.636. The molecule has 202 valence electrons. The average molecular weight is 512 g/mol. The predicted molar refractivity (Wildman–Crippen MR) is 128 cm³/mol. The van der Waals surface area contributed by atoms with Crippen molar-refractivity contribution in [2.75, 3.05) is 6.54 Å². The van der Waals surface area contributed by atoms with E-state index in [9.17, 15) is 34.2 Å². The number of carbonyl (C=O) groups is 5. The van der Waals surface area contributed by atoms with Gasteiger partial charge in [0, 0.05) is 18.3 Å². The van der Waals surface area contributed by atoms with Crippen molar-refractivity contribution < 1.29 is 34.2 Å². The molecule has 0 fully saturated rings. The van der Waals surface area contributed by atoms with Gasteiger partial charge in [-0.15, -0.1) is 0 Å². The van der Waals surface area contributed by atoms with Crippen LogP contribution < -0.4 is 27.4 Å². The molecular weight excluding hydrogens is 474 g/mol. The SMILES string of the molecule is CC(C)CC(NC(=O)C(N)Cc1cnc[nH]1)C(=O)NC(CC(=O)O)C(=O)NC(CCCCN)C(=O)O. The number of nitrogens with one attached hydrogen (secondary N) is 4. The van der Waals surface area contributed by atoms with Gasteiger partial charge in [0.2, 0.25) is 17.7 Å². The maximum Gasteiger partial charge on any atom is 0.326 e. The standard InChI is InChI=1S/C22H37N7O7/c1-12(2)7-16(28-19(32)14(24)8-13-10-25-11-26-13)20(33)29-17(9-18(30)31)21(34)27-15(22(35)36)5-3-4-6-23/h10-12,14-17H,3-9,23-24H2,1-2H3,(H,25,26)(H,27,34)(H,28,32)(H,29,33)(H,30,31)(H,35,36). The minimum atomic E-state index is -1.56. The summed E-state index contributed by atoms with van der Waals surface area (Å²) in [6, 6.07) is -4.93. The summed E-state index contributed by atoms with van der Waals surface area (Å²) in [4.78, 5) is 67.9. The Morgan fingerprint density at radius 3 is 2.11 bits per heavy atom. The predicted octanol–water partition coefficient (Wildman–Crippen LogP) is -1.53. The highest BCUT2D eigenvalue weighted by Crippen LogP contribution is 2.08. The zero-order valence-corrected chi connectivity index (χ0v) is 20.5. The number of hydrogen-bond donors (Lipinski definition) is 8. The first-order chi connectivity index (χ1) is 16.9. The number of nitrogens with two attached hydrogens (primary N) is 2. The number of aliphatic carboxylic acids is 2. The fourth-order valence-electron chi connectivity index (χ4n) is 3.39. The molecule has 0 radical (unpaired) electrons. The van der Waals surface area contributed by atoms with Gasteiger partial charge < -0.3 is 42.6 Å². The Morgan fingerprint density at radius 2 is 1.58 bits per heavy atom. The van der Waals surface area contributed by atoms with Gasteiger partial charge >= 0.3 is 11.9 Å². The molecule has 36 heavy (non-hydrogen) atoms. The third kappa shape index (κ3) is 11.3. The van der Waals surface area contributed by atoms with Crippen LogP contribution >= 0.6 is 0 Å². The maximum atomic E-state index is 13.0. The maximum absolute atomic E-state index is 13.0. The van der Waals surface area contributed by atoms with Crippen molar-refractivity contribution in [3.63, 3.8) is 0 Å². The number of nitrogens with zero attached hydrogens (tertiary/aromatic N) is 1. The van der Waals surface area contributed by atoms with E-state index in [1.54, 1.807) is 0 Å². The zero-order chi connectivity index (χ0) is 27.3. The van der Waals surface area contributed by atoms with E-state index < -0.39 is 60.2 Å². The van der Waals surface area contributed by atoms with Crippen molar-refractivity contribution in [2.45, 2.75) is 76.5 Å². The quantitative estimate of drug-likeness (QED) is 0.112. The minimum absolute atomic E-state index is 0.0458. The Labute approximate surface area is 209 Å². The topological polar surface area (TPSA) is 243 Å². The van der Waals surface area contributed by atoms with E-state index in [1.807, 2.05) is 13.8 Å². The molecule has 0 aliphatic rings. The summed E-state index contributed by atoms with van der Waals surface area (Å²) < 4.78 is 0. The summed E-state index contributed by atoms with van der Waals surface area (Å²) in [6.07, 6.45) is 3.58. The van der Waals surface area contributed by atoms with E-state index in [0.29, 0.717) is 25.1 Å². The molecule has 0 aliphatic carbocycles. The number of carbonyl (C=O) groups excluding carboxylic acids is 3. The number of carboxylic acids is 2. The minimum Gasteiger partial charge on any atom is -0.481 e. The molecule has 0 bridgehead atoms. The fourth-order valence-corrected chi connectivity index (χ4v) is 3.39. The molecule has 3 amide bonds. The van der Waals surface area contributed by atoms with Crippen LogP contribution in [-0.4, -0.2) is 80.6 Å². The number of imidazole rings is 1. The number of unbranched alkanes of at least 4 members (excludes halogenated alkanes) is 1. The van der Waals surface area contributed by atoms with E-state index in [2.05, 4.69) is 25.9 Å². The Morgan fingerprint density at radius 1 is 0.972 bits per heavy atom. The van der Waals surface area contributed by atoms with Crippen LogP contribution in [0.1, 0.15) is 51.6 Å². The van der Waals surface area contributed by atoms with Gasteiger partial charge in [0.1, 0.15) is 18.1 Å². The summed E-state index contributed by atoms with van der Waals surface area (Å²) in [5.41, 5.74) is 12.0. The molecule has 10 N–H and O–H groups in total. The lowest BCUT2D eigenvalue weighted by Crippen LogP contribution is -2.57. The molecule has 0 saturated carbocycles. The number of rotatable bonds is 17. The van der Waals surface area contributed by atoms with E-state index in [-0.39, 0.29) is 25.2 Å². The molecule has 14 heteroatoms. The number of aromatic nitrogens is 2. The molecule has 4 atom stereocenters. The number of H-pyrrole nitrogens is 1. The highest BCUT2D eigenvalue weighted by molar-refractivity contribution is 5.95. The lowest BCUT2D eigenvalue weighted by molar-refractivity contribution is -0.143. The monoisotopic (exact) mass is 511 g/mol. The number of amides is 3. The molecule has 1 aromatic rings. The van der Waals surface area contributed by atoms with Crippen molar-refractivity contribution in [2.24, 2.45) is 17.4 Å². The third-order valence-electron chi connectivity index (χ3n) is 5.24. The second kappa shape index (κ2) is 15.5. The van der Waals surface area contributed by atoms with Crippen molar-refractivity contribution in [1.82, 2.24) is 25.9 Å². The van der Waals surface area contributed by atoms with Crippen LogP contribution in [0.15, 0.2) is 12.5 Å². The van der Waals surface area contributed by atoms with E-state index >= 15 is 0 Å². The van der Waals surface area contributed by atoms with Crippen LogP contribution in [0.5, 0.6) is 0 Å². The molecule has 0 aromatic carbocycles. The zero-order valence-electron chi connectivity index (χ0n) is 20.5. The smallest absolute Gasteiger partial charge is 0.326 e. The van der Waals surface area contributed by atoms with Gasteiger partial charge in [-0.1, -0.05) is 13.8 Å². The van der Waals surface area contributed by atoms with Gasteiger partial charge in [-0.3, -0.25) is 19.2 Å². The van der Waals surface area contributed by atoms with Crippen molar-refractivity contribution in [1.29, 1.82) is 0 Å². The Balaban J connectivity index is 2.92. The Bertz CT molecular complexity index is 876. The molecular formula is C22H37N7O7. The first-order valence-electron chi connectivity index (χ1n) is 11.7. The van der Waals surface area contributed by atoms with Crippen LogP contribution in [0.2, 0.25) is 0 Å². The molecule has 1 aromatic heterocycles. The first-order valence-corrected chi connectivity index (χ1v) is 11.7. The molecule has 1 heterocycles. The Kier molecular flexibility index (Phi) is 13.1. The van der Waals surface area contributed by atoms with E-state index in [0.717, 1.165) is 0 Å². The van der Waals surface area contributed by atoms with Crippen molar-refractivity contribution >= 4 is 29.7 Å². The van der Waals surface area contributed by atoms with Gasteiger partial charge in [0.25, 0.3) is 0 Å². The summed E-state index contributed by atoms with van der Waals surface area (Å²) in [5.74, 6) is -5.09. The molecule has 0 spiro atoms. The van der Waals surface area contributed by atoms with Gasteiger partial charge in [0.05, 0.1) is 18.8 Å². The molecule has 0 aliphatic heterocycles. The van der Waals surface area contributed by atoms with Crippen LogP contribution in [0.25, 0.3) is 0 Å². The average Bonchev–Trinajstić information content (AvgIpc) is 3.29. The summed E-state index contributed by atoms with van der Waals surface area (Å²) in [6.45, 7) is 3.99. The first kappa shape index (κ1) is 30.5. The van der Waals surface area contributed by atoms with Crippen LogP contribution in [0.4, 0.5) is 0 Å². The van der Waals surface area contributed by atoms with Crippen molar-refractivity contribution in [3.05, 3.63) is 18.2 Å². The second-order valence-corrected chi connectivity index (χ2v) is 8.92. The van der Waals surface area contributed by atoms with Gasteiger partial charge in [-0.2, -0.15) is 0 Å². The van der Waals surface area contributed by atoms with Crippen LogP contribution in [-0.2, 0) is 30.4 Å².